The van der Waals surface area contributed by atoms with E-state index in [-0.39, 0.29) is 5.41 Å². The molecule has 1 aliphatic heterocycles. The van der Waals surface area contributed by atoms with Gasteiger partial charge in [0.1, 0.15) is 4.90 Å². The van der Waals surface area contributed by atoms with Crippen molar-refractivity contribution in [1.82, 2.24) is 14.1 Å². The Morgan fingerprint density at radius 1 is 1.26 bits per heavy atom. The Balaban J connectivity index is 2.45. The lowest BCUT2D eigenvalue weighted by Gasteiger charge is -2.27. The van der Waals surface area contributed by atoms with E-state index < -0.39 is 10.0 Å². The van der Waals surface area contributed by atoms with Gasteiger partial charge in [-0.1, -0.05) is 20.8 Å². The molecular weight excluding hydrogens is 266 g/mol. The van der Waals surface area contributed by atoms with Crippen LogP contribution in [0, 0.1) is 0 Å². The second kappa shape index (κ2) is 4.88. The lowest BCUT2D eigenvalue weighted by Crippen LogP contribution is -2.41. The minimum atomic E-state index is -3.48. The van der Waals surface area contributed by atoms with Crippen LogP contribution in [0.25, 0.3) is 0 Å². The lowest BCUT2D eigenvalue weighted by molar-refractivity contribution is 0.0730. The zero-order valence-corrected chi connectivity index (χ0v) is 12.7. The molecule has 1 aliphatic rings. The van der Waals surface area contributed by atoms with E-state index in [1.807, 2.05) is 20.8 Å². The molecular formula is C12H21N3O3S. The maximum atomic E-state index is 12.7. The molecule has 0 bridgehead atoms. The van der Waals surface area contributed by atoms with Crippen LogP contribution in [0.2, 0.25) is 0 Å². The molecule has 0 unspecified atom stereocenters. The van der Waals surface area contributed by atoms with Crippen LogP contribution < -0.4 is 0 Å². The summed E-state index contributed by atoms with van der Waals surface area (Å²) < 4.78 is 33.6. The van der Waals surface area contributed by atoms with Gasteiger partial charge in [-0.15, -0.1) is 0 Å². The quantitative estimate of drug-likeness (QED) is 0.805. The first kappa shape index (κ1) is 14.5. The van der Waals surface area contributed by atoms with Crippen LogP contribution in [0.4, 0.5) is 0 Å². The van der Waals surface area contributed by atoms with Crippen LogP contribution in [0.5, 0.6) is 0 Å². The van der Waals surface area contributed by atoms with Gasteiger partial charge in [-0.05, 0) is 0 Å². The smallest absolute Gasteiger partial charge is 0.246 e. The molecule has 0 aliphatic carbocycles. The van der Waals surface area contributed by atoms with Crippen LogP contribution in [0.1, 0.15) is 26.5 Å². The van der Waals surface area contributed by atoms with Crippen LogP contribution in [0.15, 0.2) is 11.1 Å². The SMILES string of the molecule is Cn1cc(S(=O)(=O)N2CCOCC2)c(C(C)(C)C)n1. The number of ether oxygens (including phenoxy) is 1. The van der Waals surface area contributed by atoms with Crippen LogP contribution in [-0.4, -0.2) is 48.8 Å². The summed E-state index contributed by atoms with van der Waals surface area (Å²) in [4.78, 5) is 0.310. The van der Waals surface area contributed by atoms with Gasteiger partial charge < -0.3 is 4.74 Å². The largest absolute Gasteiger partial charge is 0.379 e. The average molecular weight is 287 g/mol. The van der Waals surface area contributed by atoms with Gasteiger partial charge in [-0.3, -0.25) is 4.68 Å². The molecule has 6 nitrogen and oxygen atoms in total. The molecule has 7 heteroatoms. The second-order valence-electron chi connectivity index (χ2n) is 5.78. The molecule has 1 aromatic heterocycles. The highest BCUT2D eigenvalue weighted by Gasteiger charge is 2.34. The highest BCUT2D eigenvalue weighted by molar-refractivity contribution is 7.89. The predicted molar refractivity (Wildman–Crippen MR) is 71.5 cm³/mol. The average Bonchev–Trinajstić information content (AvgIpc) is 2.73. The molecule has 0 amide bonds. The van der Waals surface area contributed by atoms with Gasteiger partial charge in [0.2, 0.25) is 10.0 Å². The molecule has 0 spiro atoms. The fourth-order valence-electron chi connectivity index (χ4n) is 2.10. The van der Waals surface area contributed by atoms with Crippen LogP contribution in [0.3, 0.4) is 0 Å². The summed E-state index contributed by atoms with van der Waals surface area (Å²) in [5.74, 6) is 0. The van der Waals surface area contributed by atoms with E-state index in [1.165, 1.54) is 4.31 Å². The highest BCUT2D eigenvalue weighted by atomic mass is 32.2. The number of rotatable bonds is 2. The number of hydrogen-bond acceptors (Lipinski definition) is 4. The molecule has 2 heterocycles. The minimum absolute atomic E-state index is 0.310. The Kier molecular flexibility index (Phi) is 3.72. The summed E-state index contributed by atoms with van der Waals surface area (Å²) in [5.41, 5.74) is 0.303. The third kappa shape index (κ3) is 2.82. The van der Waals surface area contributed by atoms with Crippen molar-refractivity contribution in [2.24, 2.45) is 7.05 Å². The Morgan fingerprint density at radius 2 is 1.84 bits per heavy atom. The van der Waals surface area contributed by atoms with Crippen LogP contribution >= 0.6 is 0 Å². The molecule has 0 saturated carbocycles. The van der Waals surface area contributed by atoms with Crippen molar-refractivity contribution in [3.63, 3.8) is 0 Å². The first-order valence-corrected chi connectivity index (χ1v) is 7.79. The first-order valence-electron chi connectivity index (χ1n) is 6.35. The van der Waals surface area contributed by atoms with E-state index in [9.17, 15) is 8.42 Å². The number of hydrogen-bond donors (Lipinski definition) is 0. The monoisotopic (exact) mass is 287 g/mol. The van der Waals surface area contributed by atoms with E-state index in [1.54, 1.807) is 17.9 Å². The summed E-state index contributed by atoms with van der Waals surface area (Å²) in [7, 11) is -1.74. The van der Waals surface area contributed by atoms with Crippen molar-refractivity contribution in [3.8, 4) is 0 Å². The topological polar surface area (TPSA) is 64.4 Å². The van der Waals surface area contributed by atoms with Crippen molar-refractivity contribution in [3.05, 3.63) is 11.9 Å². The van der Waals surface area contributed by atoms with Crippen LogP contribution in [-0.2, 0) is 27.2 Å². The standard InChI is InChI=1S/C12H21N3O3S/c1-12(2,3)11-10(9-14(4)13-11)19(16,17)15-5-7-18-8-6-15/h9H,5-8H2,1-4H3. The normalized spacial score (nSPS) is 18.7. The maximum Gasteiger partial charge on any atom is 0.246 e. The third-order valence-electron chi connectivity index (χ3n) is 3.09. The van der Waals surface area contributed by atoms with Gasteiger partial charge in [-0.2, -0.15) is 9.40 Å². The third-order valence-corrected chi connectivity index (χ3v) is 4.99. The molecule has 0 atom stereocenters. The molecule has 19 heavy (non-hydrogen) atoms. The molecule has 108 valence electrons. The van der Waals surface area contributed by atoms with E-state index in [0.29, 0.717) is 36.9 Å². The Bertz CT molecular complexity index is 551. The maximum absolute atomic E-state index is 12.7. The van der Waals surface area contributed by atoms with E-state index in [4.69, 9.17) is 4.74 Å². The summed E-state index contributed by atoms with van der Waals surface area (Å²) in [6.45, 7) is 7.60. The van der Waals surface area contributed by atoms with Gasteiger partial charge in [0.25, 0.3) is 0 Å². The number of nitrogens with zero attached hydrogens (tertiary/aromatic N) is 3. The summed E-state index contributed by atoms with van der Waals surface area (Å²) in [5, 5.41) is 4.32. The molecule has 0 N–H and O–H groups in total. The number of sulfonamides is 1. The number of morpholine rings is 1. The van der Waals surface area contributed by atoms with Gasteiger partial charge in [-0.25, -0.2) is 8.42 Å². The first-order chi connectivity index (χ1) is 8.73. The van der Waals surface area contributed by atoms with Crippen molar-refractivity contribution < 1.29 is 13.2 Å². The van der Waals surface area contributed by atoms with E-state index in [2.05, 4.69) is 5.10 Å². The molecule has 0 aromatic carbocycles. The second-order valence-corrected chi connectivity index (χ2v) is 7.69. The fraction of sp³-hybridized carbons (Fsp3) is 0.750. The highest BCUT2D eigenvalue weighted by Crippen LogP contribution is 2.29. The minimum Gasteiger partial charge on any atom is -0.379 e. The van der Waals surface area contributed by atoms with Gasteiger partial charge in [0.05, 0.1) is 18.9 Å². The van der Waals surface area contributed by atoms with Crippen molar-refractivity contribution in [2.75, 3.05) is 26.3 Å². The summed E-state index contributed by atoms with van der Waals surface area (Å²) in [6.07, 6.45) is 1.59. The van der Waals surface area contributed by atoms with Gasteiger partial charge in [0, 0.05) is 31.7 Å². The van der Waals surface area contributed by atoms with Gasteiger partial charge >= 0.3 is 0 Å². The number of aromatic nitrogens is 2. The molecule has 0 radical (unpaired) electrons. The number of aryl methyl sites for hydroxylation is 1. The fourth-order valence-corrected chi connectivity index (χ4v) is 3.89. The van der Waals surface area contributed by atoms with E-state index >= 15 is 0 Å². The summed E-state index contributed by atoms with van der Waals surface area (Å²) >= 11 is 0. The molecule has 1 fully saturated rings. The Morgan fingerprint density at radius 3 is 2.37 bits per heavy atom. The van der Waals surface area contributed by atoms with Gasteiger partial charge in [0.15, 0.2) is 0 Å². The Hall–Kier alpha value is -0.920. The van der Waals surface area contributed by atoms with E-state index in [0.717, 1.165) is 0 Å². The van der Waals surface area contributed by atoms with Crippen molar-refractivity contribution in [1.29, 1.82) is 0 Å². The lowest BCUT2D eigenvalue weighted by atomic mass is 9.92. The summed E-state index contributed by atoms with van der Waals surface area (Å²) in [6, 6.07) is 0. The molecule has 1 saturated heterocycles. The van der Waals surface area contributed by atoms with Crippen molar-refractivity contribution >= 4 is 10.0 Å². The molecule has 2 rings (SSSR count). The predicted octanol–water partition coefficient (Wildman–Crippen LogP) is 0.738. The zero-order valence-electron chi connectivity index (χ0n) is 11.9. The molecule has 1 aromatic rings. The van der Waals surface area contributed by atoms with Crippen molar-refractivity contribution in [2.45, 2.75) is 31.1 Å². The Labute approximate surface area is 114 Å². The zero-order chi connectivity index (χ0) is 14.3.